The Morgan fingerprint density at radius 2 is 1.70 bits per heavy atom. The van der Waals surface area contributed by atoms with Crippen molar-refractivity contribution >= 4 is 12.0 Å². The van der Waals surface area contributed by atoms with E-state index in [1.54, 1.807) is 0 Å². The van der Waals surface area contributed by atoms with Crippen molar-refractivity contribution in [3.05, 3.63) is 76.9 Å². The van der Waals surface area contributed by atoms with Gasteiger partial charge in [0.1, 0.15) is 6.61 Å². The second kappa shape index (κ2) is 7.22. The number of rotatable bonds is 3. The van der Waals surface area contributed by atoms with E-state index in [1.165, 1.54) is 12.1 Å². The molecule has 0 radical (unpaired) electrons. The summed E-state index contributed by atoms with van der Waals surface area (Å²) in [6, 6.07) is 14.6. The van der Waals surface area contributed by atoms with Gasteiger partial charge in [-0.3, -0.25) is 4.79 Å². The Morgan fingerprint density at radius 3 is 2.30 bits per heavy atom. The first kappa shape index (κ1) is 19.2. The van der Waals surface area contributed by atoms with E-state index in [4.69, 9.17) is 4.74 Å². The first-order valence-corrected chi connectivity index (χ1v) is 8.77. The quantitative estimate of drug-likeness (QED) is 0.660. The van der Waals surface area contributed by atoms with E-state index >= 15 is 0 Å². The number of hydrogen-bond acceptors (Lipinski definition) is 2. The highest BCUT2D eigenvalue weighted by Crippen LogP contribution is 2.40. The van der Waals surface area contributed by atoms with E-state index in [2.05, 4.69) is 0 Å². The van der Waals surface area contributed by atoms with E-state index in [1.807, 2.05) is 50.3 Å². The minimum atomic E-state index is -4.37. The van der Waals surface area contributed by atoms with Crippen LogP contribution in [0, 0.1) is 11.3 Å². The van der Waals surface area contributed by atoms with Crippen LogP contribution < -0.4 is 0 Å². The highest BCUT2D eigenvalue weighted by Gasteiger charge is 2.40. The number of carbonyl (C=O) groups excluding carboxylic acids is 1. The Kier molecular flexibility index (Phi) is 5.13. The number of benzene rings is 2. The summed E-state index contributed by atoms with van der Waals surface area (Å²) in [5.41, 5.74) is 1.54. The summed E-state index contributed by atoms with van der Waals surface area (Å²) >= 11 is 0. The van der Waals surface area contributed by atoms with Crippen molar-refractivity contribution in [3.63, 3.8) is 0 Å². The van der Waals surface area contributed by atoms with Gasteiger partial charge in [-0.25, -0.2) is 0 Å². The molecular weight excluding hydrogens is 353 g/mol. The highest BCUT2D eigenvalue weighted by molar-refractivity contribution is 5.80. The van der Waals surface area contributed by atoms with Crippen molar-refractivity contribution in [2.24, 2.45) is 11.3 Å². The van der Waals surface area contributed by atoms with Crippen LogP contribution in [0.15, 0.2) is 60.2 Å². The zero-order valence-corrected chi connectivity index (χ0v) is 15.2. The standard InChI is InChI=1S/C22H21F3O2/c1-21(2)14-27-20(26)18(19(21)13-15-6-4-3-5-7-15)12-16-8-10-17(11-9-16)22(23,24)25/h3-11,13,18H,12,14H2,1-2H3/b19-13+. The maximum Gasteiger partial charge on any atom is 0.416 e. The van der Waals surface area contributed by atoms with Gasteiger partial charge in [-0.15, -0.1) is 0 Å². The van der Waals surface area contributed by atoms with Gasteiger partial charge in [0.15, 0.2) is 0 Å². The van der Waals surface area contributed by atoms with E-state index < -0.39 is 17.7 Å². The molecule has 0 spiro atoms. The van der Waals surface area contributed by atoms with Crippen LogP contribution in [0.4, 0.5) is 13.2 Å². The minimum Gasteiger partial charge on any atom is -0.464 e. The fourth-order valence-corrected chi connectivity index (χ4v) is 3.32. The molecule has 2 aromatic carbocycles. The predicted molar refractivity (Wildman–Crippen MR) is 97.8 cm³/mol. The molecule has 1 fully saturated rings. The Balaban J connectivity index is 1.92. The van der Waals surface area contributed by atoms with E-state index in [9.17, 15) is 18.0 Å². The van der Waals surface area contributed by atoms with Crippen LogP contribution in [0.5, 0.6) is 0 Å². The van der Waals surface area contributed by atoms with Crippen molar-refractivity contribution < 1.29 is 22.7 Å². The van der Waals surface area contributed by atoms with Gasteiger partial charge in [0.05, 0.1) is 11.5 Å². The average molecular weight is 374 g/mol. The average Bonchev–Trinajstić information content (AvgIpc) is 2.62. The molecule has 3 rings (SSSR count). The van der Waals surface area contributed by atoms with Crippen molar-refractivity contribution in [1.82, 2.24) is 0 Å². The molecule has 0 aromatic heterocycles. The zero-order valence-electron chi connectivity index (χ0n) is 15.2. The second-order valence-electron chi connectivity index (χ2n) is 7.45. The van der Waals surface area contributed by atoms with Gasteiger partial charge in [-0.2, -0.15) is 13.2 Å². The zero-order chi connectivity index (χ0) is 19.7. The Morgan fingerprint density at radius 1 is 1.07 bits per heavy atom. The molecule has 1 atom stereocenters. The number of halogens is 3. The van der Waals surface area contributed by atoms with Gasteiger partial charge in [-0.05, 0) is 35.3 Å². The molecule has 1 heterocycles. The molecule has 142 valence electrons. The van der Waals surface area contributed by atoms with Crippen LogP contribution in [0.25, 0.3) is 6.08 Å². The Labute approximate surface area is 156 Å². The summed E-state index contributed by atoms with van der Waals surface area (Å²) in [6.45, 7) is 4.30. The normalized spacial score (nSPS) is 21.1. The smallest absolute Gasteiger partial charge is 0.416 e. The molecule has 1 aliphatic heterocycles. The number of cyclic esters (lactones) is 1. The molecule has 5 heteroatoms. The summed E-state index contributed by atoms with van der Waals surface area (Å²) in [7, 11) is 0. The number of alkyl halides is 3. The molecule has 1 saturated heterocycles. The third-order valence-corrected chi connectivity index (χ3v) is 4.86. The summed E-state index contributed by atoms with van der Waals surface area (Å²) < 4.78 is 43.7. The summed E-state index contributed by atoms with van der Waals surface area (Å²) in [4.78, 5) is 12.5. The third-order valence-electron chi connectivity index (χ3n) is 4.86. The number of ether oxygens (including phenoxy) is 1. The van der Waals surface area contributed by atoms with E-state index in [-0.39, 0.29) is 18.0 Å². The topological polar surface area (TPSA) is 26.3 Å². The van der Waals surface area contributed by atoms with Gasteiger partial charge in [0.2, 0.25) is 0 Å². The molecule has 1 unspecified atom stereocenters. The SMILES string of the molecule is CC1(C)COC(=O)C(Cc2ccc(C(F)(F)F)cc2)/C1=C\c1ccccc1. The Bertz CT molecular complexity index is 834. The first-order chi connectivity index (χ1) is 12.7. The first-order valence-electron chi connectivity index (χ1n) is 8.77. The molecule has 0 amide bonds. The minimum absolute atomic E-state index is 0.286. The lowest BCUT2D eigenvalue weighted by molar-refractivity contribution is -0.154. The maximum atomic E-state index is 12.8. The van der Waals surface area contributed by atoms with Gasteiger partial charge in [0, 0.05) is 5.41 Å². The summed E-state index contributed by atoms with van der Waals surface area (Å²) in [5, 5.41) is 0. The largest absolute Gasteiger partial charge is 0.464 e. The fourth-order valence-electron chi connectivity index (χ4n) is 3.32. The van der Waals surface area contributed by atoms with Crippen LogP contribution in [-0.4, -0.2) is 12.6 Å². The predicted octanol–water partition coefficient (Wildman–Crippen LogP) is 5.53. The van der Waals surface area contributed by atoms with Crippen molar-refractivity contribution in [1.29, 1.82) is 0 Å². The monoisotopic (exact) mass is 374 g/mol. The van der Waals surface area contributed by atoms with Crippen molar-refractivity contribution in [2.75, 3.05) is 6.61 Å². The van der Waals surface area contributed by atoms with Crippen LogP contribution in [0.3, 0.4) is 0 Å². The Hall–Kier alpha value is -2.56. The highest BCUT2D eigenvalue weighted by atomic mass is 19.4. The third kappa shape index (κ3) is 4.41. The van der Waals surface area contributed by atoms with Crippen LogP contribution >= 0.6 is 0 Å². The molecule has 2 nitrogen and oxygen atoms in total. The number of esters is 1. The van der Waals surface area contributed by atoms with Crippen LogP contribution in [0.2, 0.25) is 0 Å². The molecule has 2 aromatic rings. The lowest BCUT2D eigenvalue weighted by Gasteiger charge is -2.37. The van der Waals surface area contributed by atoms with Gasteiger partial charge in [0.25, 0.3) is 0 Å². The van der Waals surface area contributed by atoms with Crippen LogP contribution in [-0.2, 0) is 22.1 Å². The van der Waals surface area contributed by atoms with Gasteiger partial charge >= 0.3 is 12.1 Å². The summed E-state index contributed by atoms with van der Waals surface area (Å²) in [6.07, 6.45) is -2.07. The van der Waals surface area contributed by atoms with Gasteiger partial charge in [-0.1, -0.05) is 62.4 Å². The fraction of sp³-hybridized carbons (Fsp3) is 0.318. The second-order valence-corrected chi connectivity index (χ2v) is 7.45. The number of hydrogen-bond donors (Lipinski definition) is 0. The molecule has 1 aliphatic rings. The number of carbonyl (C=O) groups is 1. The maximum absolute atomic E-state index is 12.8. The van der Waals surface area contributed by atoms with Gasteiger partial charge < -0.3 is 4.74 Å². The molecule has 0 aliphatic carbocycles. The van der Waals surface area contributed by atoms with Crippen LogP contribution in [0.1, 0.15) is 30.5 Å². The lowest BCUT2D eigenvalue weighted by Crippen LogP contribution is -2.39. The van der Waals surface area contributed by atoms with E-state index in [0.717, 1.165) is 23.3 Å². The van der Waals surface area contributed by atoms with Crippen molar-refractivity contribution in [3.8, 4) is 0 Å². The lowest BCUT2D eigenvalue weighted by atomic mass is 9.73. The molecule has 27 heavy (non-hydrogen) atoms. The van der Waals surface area contributed by atoms with E-state index in [0.29, 0.717) is 12.0 Å². The molecule has 0 N–H and O–H groups in total. The molecule has 0 saturated carbocycles. The van der Waals surface area contributed by atoms with Crippen molar-refractivity contribution in [2.45, 2.75) is 26.4 Å². The molecular formula is C22H21F3O2. The molecule has 0 bridgehead atoms. The summed E-state index contributed by atoms with van der Waals surface area (Å²) in [5.74, 6) is -0.859.